The molecule has 1 spiro atoms. The van der Waals surface area contributed by atoms with Gasteiger partial charge in [0.2, 0.25) is 0 Å². The average molecular weight is 286 g/mol. The third kappa shape index (κ3) is 2.15. The lowest BCUT2D eigenvalue weighted by molar-refractivity contribution is -0.0196. The van der Waals surface area contributed by atoms with Gasteiger partial charge in [-0.25, -0.2) is 9.97 Å². The van der Waals surface area contributed by atoms with Gasteiger partial charge in [-0.1, -0.05) is 0 Å². The second-order valence-electron chi connectivity index (χ2n) is 5.93. The maximum atomic E-state index is 12.6. The second kappa shape index (κ2) is 4.89. The minimum atomic E-state index is -0.0693. The van der Waals surface area contributed by atoms with E-state index in [1.54, 1.807) is 23.2 Å². The molecule has 2 aliphatic rings. The molecule has 2 fully saturated rings. The van der Waals surface area contributed by atoms with Gasteiger partial charge < -0.3 is 10.1 Å². The molecule has 2 aliphatic heterocycles. The molecule has 6 nitrogen and oxygen atoms in total. The lowest BCUT2D eigenvalue weighted by atomic mass is 9.88. The smallest absolute Gasteiger partial charge is 0.280 e. The largest absolute Gasteiger partial charge is 0.373 e. The van der Waals surface area contributed by atoms with Crippen molar-refractivity contribution in [1.82, 2.24) is 19.9 Å². The number of piperidine rings is 1. The molecule has 4 rings (SSSR count). The van der Waals surface area contributed by atoms with Gasteiger partial charge in [0.25, 0.3) is 5.56 Å². The van der Waals surface area contributed by atoms with Crippen LogP contribution in [0.2, 0.25) is 0 Å². The van der Waals surface area contributed by atoms with Crippen molar-refractivity contribution in [3.8, 4) is 0 Å². The van der Waals surface area contributed by atoms with E-state index < -0.39 is 0 Å². The zero-order valence-corrected chi connectivity index (χ0v) is 11.8. The molecule has 4 heterocycles. The standard InChI is InChI=1S/C15H18N4O2/c20-14-13-12(2-1-5-17-13)18-10-19(14)11-8-15(21-9-11)3-6-16-7-4-15/h1-2,5,10-11,16H,3-4,6-9H2/t11-/m1/s1. The van der Waals surface area contributed by atoms with E-state index in [-0.39, 0.29) is 17.2 Å². The van der Waals surface area contributed by atoms with Gasteiger partial charge in [-0.15, -0.1) is 0 Å². The summed E-state index contributed by atoms with van der Waals surface area (Å²) in [5, 5.41) is 3.36. The molecule has 0 bridgehead atoms. The highest BCUT2D eigenvalue weighted by Crippen LogP contribution is 2.38. The number of ether oxygens (including phenoxy) is 1. The van der Waals surface area contributed by atoms with Gasteiger partial charge in [0.05, 0.1) is 30.1 Å². The molecular weight excluding hydrogens is 268 g/mol. The van der Waals surface area contributed by atoms with Crippen molar-refractivity contribution >= 4 is 11.0 Å². The van der Waals surface area contributed by atoms with Crippen LogP contribution < -0.4 is 10.9 Å². The van der Waals surface area contributed by atoms with Crippen LogP contribution >= 0.6 is 0 Å². The predicted octanol–water partition coefficient (Wildman–Crippen LogP) is 0.875. The molecule has 0 radical (unpaired) electrons. The molecular formula is C15H18N4O2. The predicted molar refractivity (Wildman–Crippen MR) is 78.2 cm³/mol. The lowest BCUT2D eigenvalue weighted by Crippen LogP contribution is -2.41. The highest BCUT2D eigenvalue weighted by molar-refractivity contribution is 5.71. The molecule has 1 atom stereocenters. The summed E-state index contributed by atoms with van der Waals surface area (Å²) in [6.45, 7) is 2.55. The van der Waals surface area contributed by atoms with Crippen LogP contribution in [0, 0.1) is 0 Å². The van der Waals surface area contributed by atoms with Crippen LogP contribution in [0.15, 0.2) is 29.5 Å². The Morgan fingerprint density at radius 3 is 3.05 bits per heavy atom. The minimum absolute atomic E-state index is 0.0611. The zero-order chi connectivity index (χ0) is 14.3. The van der Waals surface area contributed by atoms with E-state index in [4.69, 9.17) is 4.74 Å². The summed E-state index contributed by atoms with van der Waals surface area (Å²) in [7, 11) is 0. The lowest BCUT2D eigenvalue weighted by Gasteiger charge is -2.32. The van der Waals surface area contributed by atoms with E-state index in [2.05, 4.69) is 15.3 Å². The Kier molecular flexibility index (Phi) is 3.01. The number of nitrogens with zero attached hydrogens (tertiary/aromatic N) is 3. The molecule has 2 aromatic heterocycles. The summed E-state index contributed by atoms with van der Waals surface area (Å²) >= 11 is 0. The summed E-state index contributed by atoms with van der Waals surface area (Å²) in [6.07, 6.45) is 6.18. The summed E-state index contributed by atoms with van der Waals surface area (Å²) in [4.78, 5) is 21.1. The molecule has 0 saturated carbocycles. The first-order valence-corrected chi connectivity index (χ1v) is 7.44. The Morgan fingerprint density at radius 2 is 2.19 bits per heavy atom. The maximum absolute atomic E-state index is 12.6. The topological polar surface area (TPSA) is 69.0 Å². The first-order chi connectivity index (χ1) is 10.3. The summed E-state index contributed by atoms with van der Waals surface area (Å²) in [6, 6.07) is 3.67. The van der Waals surface area contributed by atoms with E-state index in [1.807, 2.05) is 6.07 Å². The Bertz CT molecular complexity index is 721. The van der Waals surface area contributed by atoms with E-state index >= 15 is 0 Å². The number of hydrogen-bond donors (Lipinski definition) is 1. The van der Waals surface area contributed by atoms with Crippen molar-refractivity contribution in [1.29, 1.82) is 0 Å². The fourth-order valence-electron chi connectivity index (χ4n) is 3.45. The number of aromatic nitrogens is 3. The maximum Gasteiger partial charge on any atom is 0.280 e. The quantitative estimate of drug-likeness (QED) is 0.842. The second-order valence-corrected chi connectivity index (χ2v) is 5.93. The van der Waals surface area contributed by atoms with Crippen LogP contribution in [0.4, 0.5) is 0 Å². The summed E-state index contributed by atoms with van der Waals surface area (Å²) in [5.74, 6) is 0. The molecule has 0 amide bonds. The number of rotatable bonds is 1. The number of hydrogen-bond acceptors (Lipinski definition) is 5. The van der Waals surface area contributed by atoms with Crippen molar-refractivity contribution in [2.75, 3.05) is 19.7 Å². The van der Waals surface area contributed by atoms with Gasteiger partial charge in [0, 0.05) is 6.20 Å². The van der Waals surface area contributed by atoms with Crippen molar-refractivity contribution in [3.05, 3.63) is 35.0 Å². The van der Waals surface area contributed by atoms with Crippen LogP contribution in [0.5, 0.6) is 0 Å². The van der Waals surface area contributed by atoms with Gasteiger partial charge in [-0.2, -0.15) is 0 Å². The average Bonchev–Trinajstić information content (AvgIpc) is 2.92. The van der Waals surface area contributed by atoms with Crippen molar-refractivity contribution in [2.45, 2.75) is 30.9 Å². The zero-order valence-electron chi connectivity index (χ0n) is 11.8. The van der Waals surface area contributed by atoms with Gasteiger partial charge in [0.15, 0.2) is 5.52 Å². The number of nitrogens with one attached hydrogen (secondary N) is 1. The van der Waals surface area contributed by atoms with Crippen LogP contribution in [-0.2, 0) is 4.74 Å². The van der Waals surface area contributed by atoms with Crippen molar-refractivity contribution in [2.24, 2.45) is 0 Å². The minimum Gasteiger partial charge on any atom is -0.373 e. The SMILES string of the molecule is O=c1c2ncccc2ncn1[C@H]1COC2(CCNCC2)C1. The fraction of sp³-hybridized carbons (Fsp3) is 0.533. The van der Waals surface area contributed by atoms with E-state index in [9.17, 15) is 4.79 Å². The van der Waals surface area contributed by atoms with Gasteiger partial charge in [0.1, 0.15) is 0 Å². The van der Waals surface area contributed by atoms with E-state index in [1.165, 1.54) is 0 Å². The molecule has 0 aliphatic carbocycles. The monoisotopic (exact) mass is 286 g/mol. The van der Waals surface area contributed by atoms with Crippen LogP contribution in [0.1, 0.15) is 25.3 Å². The van der Waals surface area contributed by atoms with E-state index in [0.29, 0.717) is 17.6 Å². The molecule has 6 heteroatoms. The Labute approximate surface area is 122 Å². The number of pyridine rings is 1. The highest BCUT2D eigenvalue weighted by atomic mass is 16.5. The third-order valence-corrected chi connectivity index (χ3v) is 4.64. The first-order valence-electron chi connectivity index (χ1n) is 7.44. The van der Waals surface area contributed by atoms with Gasteiger partial charge >= 0.3 is 0 Å². The van der Waals surface area contributed by atoms with Crippen LogP contribution in [0.25, 0.3) is 11.0 Å². The third-order valence-electron chi connectivity index (χ3n) is 4.64. The number of fused-ring (bicyclic) bond motifs is 1. The molecule has 0 aromatic carbocycles. The van der Waals surface area contributed by atoms with Crippen LogP contribution in [-0.4, -0.2) is 39.8 Å². The van der Waals surface area contributed by atoms with Crippen LogP contribution in [0.3, 0.4) is 0 Å². The van der Waals surface area contributed by atoms with Gasteiger partial charge in [-0.05, 0) is 44.5 Å². The molecule has 0 unspecified atom stereocenters. The molecule has 2 aromatic rings. The van der Waals surface area contributed by atoms with E-state index in [0.717, 1.165) is 32.4 Å². The summed E-state index contributed by atoms with van der Waals surface area (Å²) in [5.41, 5.74) is 0.953. The van der Waals surface area contributed by atoms with Crippen molar-refractivity contribution < 1.29 is 4.74 Å². The van der Waals surface area contributed by atoms with Gasteiger partial charge in [-0.3, -0.25) is 9.36 Å². The van der Waals surface area contributed by atoms with Crippen molar-refractivity contribution in [3.63, 3.8) is 0 Å². The molecule has 1 N–H and O–H groups in total. The molecule has 21 heavy (non-hydrogen) atoms. The highest BCUT2D eigenvalue weighted by Gasteiger charge is 2.42. The molecule has 2 saturated heterocycles. The Morgan fingerprint density at radius 1 is 1.33 bits per heavy atom. The normalized spacial score (nSPS) is 24.7. The molecule has 110 valence electrons. The summed E-state index contributed by atoms with van der Waals surface area (Å²) < 4.78 is 7.77. The fourth-order valence-corrected chi connectivity index (χ4v) is 3.45. The Hall–Kier alpha value is -1.79. The first kappa shape index (κ1) is 12.9. The Balaban J connectivity index is 1.68.